The van der Waals surface area contributed by atoms with Crippen molar-refractivity contribution in [2.45, 2.75) is 103 Å². The summed E-state index contributed by atoms with van der Waals surface area (Å²) in [6.45, 7) is 20.2. The van der Waals surface area contributed by atoms with E-state index in [0.29, 0.717) is 0 Å². The van der Waals surface area contributed by atoms with Crippen LogP contribution in [-0.2, 0) is 21.7 Å². The molecule has 8 aromatic rings. The molecule has 60 heavy (non-hydrogen) atoms. The molecule has 5 heterocycles. The van der Waals surface area contributed by atoms with Crippen LogP contribution in [0.1, 0.15) is 102 Å². The number of anilines is 6. The molecule has 3 nitrogen and oxygen atoms in total. The summed E-state index contributed by atoms with van der Waals surface area (Å²) in [4.78, 5) is 8.41. The normalized spacial score (nSPS) is 18.5. The maximum Gasteiger partial charge on any atom is 0.260 e. The molecule has 0 amide bonds. The molecule has 6 heteroatoms. The van der Waals surface area contributed by atoms with Gasteiger partial charge >= 0.3 is 0 Å². The maximum absolute atomic E-state index is 6.55. The molecule has 2 aliphatic heterocycles. The first-order valence-corrected chi connectivity index (χ1v) is 23.6. The van der Waals surface area contributed by atoms with Crippen molar-refractivity contribution in [1.82, 2.24) is 0 Å². The first-order valence-electron chi connectivity index (χ1n) is 21.9. The van der Waals surface area contributed by atoms with Gasteiger partial charge in [-0.25, -0.2) is 0 Å². The Bertz CT molecular complexity index is 3090. The fourth-order valence-electron chi connectivity index (χ4n) is 11.5. The molecule has 298 valence electrons. The Balaban J connectivity index is 1.19. The molecule has 0 saturated heterocycles. The van der Waals surface area contributed by atoms with Crippen LogP contribution in [0.4, 0.5) is 34.1 Å². The second kappa shape index (κ2) is 12.3. The molecule has 12 rings (SSSR count). The quantitative estimate of drug-likeness (QED) is 0.165. The Morgan fingerprint density at radius 2 is 1.23 bits per heavy atom. The van der Waals surface area contributed by atoms with Gasteiger partial charge in [-0.05, 0) is 118 Å². The Hall–Kier alpha value is -5.04. The Labute approximate surface area is 362 Å². The molecule has 2 aliphatic carbocycles. The van der Waals surface area contributed by atoms with Crippen molar-refractivity contribution in [3.8, 4) is 11.1 Å². The Morgan fingerprint density at radius 3 is 2.03 bits per heavy atom. The highest BCUT2D eigenvalue weighted by molar-refractivity contribution is 7.29. The van der Waals surface area contributed by atoms with Crippen molar-refractivity contribution in [3.63, 3.8) is 0 Å². The van der Waals surface area contributed by atoms with Crippen LogP contribution in [0.3, 0.4) is 0 Å². The highest BCUT2D eigenvalue weighted by Gasteiger charge is 2.52. The van der Waals surface area contributed by atoms with E-state index in [1.54, 1.807) is 20.9 Å². The van der Waals surface area contributed by atoms with Gasteiger partial charge in [0.1, 0.15) is 11.2 Å². The van der Waals surface area contributed by atoms with E-state index in [1.807, 2.05) is 11.3 Å². The minimum atomic E-state index is 0.0339. The third-order valence-electron chi connectivity index (χ3n) is 14.9. The lowest BCUT2D eigenvalue weighted by atomic mass is 9.40. The zero-order valence-corrected chi connectivity index (χ0v) is 37.6. The molecule has 0 fully saturated rings. The van der Waals surface area contributed by atoms with Gasteiger partial charge in [0.15, 0.2) is 0 Å². The van der Waals surface area contributed by atoms with Crippen LogP contribution in [-0.4, -0.2) is 6.71 Å². The first-order chi connectivity index (χ1) is 28.7. The fourth-order valence-corrected chi connectivity index (χ4v) is 14.6. The van der Waals surface area contributed by atoms with E-state index in [0.717, 1.165) is 39.0 Å². The number of benzene rings is 5. The molecule has 0 spiro atoms. The molecule has 0 bridgehead atoms. The van der Waals surface area contributed by atoms with E-state index in [1.165, 1.54) is 69.6 Å². The zero-order valence-electron chi connectivity index (χ0n) is 36.0. The summed E-state index contributed by atoms with van der Waals surface area (Å²) in [6, 6.07) is 40.4. The van der Waals surface area contributed by atoms with Gasteiger partial charge in [-0.15, -0.1) is 11.3 Å². The molecule has 3 aromatic heterocycles. The number of rotatable bonds is 4. The van der Waals surface area contributed by atoms with Crippen LogP contribution in [0.15, 0.2) is 119 Å². The van der Waals surface area contributed by atoms with E-state index in [4.69, 9.17) is 4.42 Å². The lowest BCUT2D eigenvalue weighted by Gasteiger charge is -2.45. The maximum atomic E-state index is 6.55. The van der Waals surface area contributed by atoms with Crippen LogP contribution in [0.25, 0.3) is 33.1 Å². The van der Waals surface area contributed by atoms with Crippen LogP contribution in [0, 0.1) is 0 Å². The summed E-state index contributed by atoms with van der Waals surface area (Å²) in [5, 5.41) is 4.83. The van der Waals surface area contributed by atoms with Gasteiger partial charge in [-0.3, -0.25) is 0 Å². The van der Waals surface area contributed by atoms with Crippen LogP contribution in [0.2, 0.25) is 0 Å². The lowest BCUT2D eigenvalue weighted by molar-refractivity contribution is 0.338. The number of nitrogens with zero attached hydrogens (tertiary/aromatic N) is 2. The molecule has 4 aliphatic rings. The molecule has 0 atom stereocenters. The number of hydrogen-bond acceptors (Lipinski definition) is 5. The average Bonchev–Trinajstić information content (AvgIpc) is 4.02. The molecule has 0 radical (unpaired) electrons. The summed E-state index contributed by atoms with van der Waals surface area (Å²) in [5.74, 6) is 0. The Morgan fingerprint density at radius 1 is 0.567 bits per heavy atom. The summed E-state index contributed by atoms with van der Waals surface area (Å²) >= 11 is 4.13. The highest BCUT2D eigenvalue weighted by atomic mass is 32.1. The first kappa shape index (κ1) is 36.8. The third kappa shape index (κ3) is 5.01. The average molecular weight is 819 g/mol. The summed E-state index contributed by atoms with van der Waals surface area (Å²) in [6.07, 6.45) is 4.76. The van der Waals surface area contributed by atoms with Crippen molar-refractivity contribution < 1.29 is 4.42 Å². The monoisotopic (exact) mass is 818 g/mol. The zero-order chi connectivity index (χ0) is 41.1. The van der Waals surface area contributed by atoms with E-state index < -0.39 is 0 Å². The predicted molar refractivity (Wildman–Crippen MR) is 260 cm³/mol. The fraction of sp³-hybridized carbons (Fsp3) is 0.296. The van der Waals surface area contributed by atoms with Gasteiger partial charge in [0.25, 0.3) is 6.71 Å². The van der Waals surface area contributed by atoms with Gasteiger partial charge < -0.3 is 14.2 Å². The third-order valence-corrected chi connectivity index (χ3v) is 17.8. The van der Waals surface area contributed by atoms with E-state index in [9.17, 15) is 0 Å². The predicted octanol–water partition coefficient (Wildman–Crippen LogP) is 14.2. The smallest absolute Gasteiger partial charge is 0.260 e. The number of hydrogen-bond donors (Lipinski definition) is 0. The molecular formula is C54H51BN2OS2. The van der Waals surface area contributed by atoms with Gasteiger partial charge in [-0.1, -0.05) is 122 Å². The molecule has 0 unspecified atom stereocenters. The van der Waals surface area contributed by atoms with Crippen molar-refractivity contribution in [2.24, 2.45) is 0 Å². The van der Waals surface area contributed by atoms with Crippen molar-refractivity contribution in [3.05, 3.63) is 135 Å². The van der Waals surface area contributed by atoms with Crippen LogP contribution >= 0.6 is 22.7 Å². The summed E-state index contributed by atoms with van der Waals surface area (Å²) < 4.78 is 8.07. The van der Waals surface area contributed by atoms with Crippen LogP contribution in [0.5, 0.6) is 0 Å². The van der Waals surface area contributed by atoms with Crippen molar-refractivity contribution in [1.29, 1.82) is 0 Å². The molecule has 0 N–H and O–H groups in total. The summed E-state index contributed by atoms with van der Waals surface area (Å²) in [7, 11) is 0. The van der Waals surface area contributed by atoms with Gasteiger partial charge in [0, 0.05) is 59.5 Å². The number of fused-ring (bicyclic) bond motifs is 11. The second-order valence-corrected chi connectivity index (χ2v) is 22.5. The second-order valence-electron chi connectivity index (χ2n) is 20.6. The van der Waals surface area contributed by atoms with E-state index >= 15 is 0 Å². The number of thiophene rings is 2. The van der Waals surface area contributed by atoms with Crippen molar-refractivity contribution >= 4 is 101 Å². The summed E-state index contributed by atoms with van der Waals surface area (Å²) in [5.41, 5.74) is 18.4. The highest BCUT2D eigenvalue weighted by Crippen LogP contribution is 2.60. The van der Waals surface area contributed by atoms with Gasteiger partial charge in [-0.2, -0.15) is 11.3 Å². The largest absolute Gasteiger partial charge is 0.456 e. The molecular weight excluding hydrogens is 768 g/mol. The Kier molecular flexibility index (Phi) is 7.54. The van der Waals surface area contributed by atoms with Crippen LogP contribution < -0.4 is 25.5 Å². The lowest BCUT2D eigenvalue weighted by Crippen LogP contribution is -2.54. The molecule has 0 saturated carbocycles. The van der Waals surface area contributed by atoms with Crippen molar-refractivity contribution in [2.75, 3.05) is 9.80 Å². The molecule has 5 aromatic carbocycles. The SMILES string of the molecule is CC1(C)CCC(C)(C)c2c(N3c4cc(N(c5ccccc5)c5ccc6c(c5)oc5ccccc56)cc5c4B(c4ccccc4-5)c4sc5c(c43)C(C)(C)CCC5(C)C)csc21. The number of furan rings is 1. The topological polar surface area (TPSA) is 19.6 Å². The van der Waals surface area contributed by atoms with E-state index in [-0.39, 0.29) is 28.4 Å². The van der Waals surface area contributed by atoms with Gasteiger partial charge in [0.05, 0.1) is 11.4 Å². The number of para-hydroxylation sites is 2. The minimum absolute atomic E-state index is 0.0339. The van der Waals surface area contributed by atoms with E-state index in [2.05, 4.69) is 191 Å². The van der Waals surface area contributed by atoms with Gasteiger partial charge in [0.2, 0.25) is 0 Å². The minimum Gasteiger partial charge on any atom is -0.456 e. The standard InChI is InChI=1S/C54H51BN2OS2/c1-51(2)24-26-53(5,6)48-44(51)41(31-59-48)57-40-29-34(56(32-16-10-9-11-17-32)33-22-23-37-36-19-13-15-21-42(36)58-43(37)30-33)28-38-35-18-12-14-20-39(35)55(46(38)40)50-47(57)45-49(60-50)54(7,8)27-25-52(45,3)4/h9-23,28-31H,24-27H2,1-8H3.